The van der Waals surface area contributed by atoms with E-state index in [-0.39, 0.29) is 18.6 Å². The second-order valence-corrected chi connectivity index (χ2v) is 3.36. The number of carboxylic acid groups (broad SMARTS) is 1. The zero-order chi connectivity index (χ0) is 9.68. The van der Waals surface area contributed by atoms with Gasteiger partial charge in [0.2, 0.25) is 0 Å². The van der Waals surface area contributed by atoms with Gasteiger partial charge in [-0.05, 0) is 19.8 Å². The molecule has 1 rings (SSSR count). The molecule has 13 heavy (non-hydrogen) atoms. The predicted octanol–water partition coefficient (Wildman–Crippen LogP) is 1.05. The zero-order valence-corrected chi connectivity index (χ0v) is 7.86. The maximum absolute atomic E-state index is 10.3. The third kappa shape index (κ3) is 4.24. The molecule has 4 heteroatoms. The van der Waals surface area contributed by atoms with Crippen LogP contribution in [0.4, 0.5) is 0 Å². The van der Waals surface area contributed by atoms with Gasteiger partial charge in [0.25, 0.3) is 0 Å². The van der Waals surface area contributed by atoms with E-state index in [1.165, 1.54) is 0 Å². The van der Waals surface area contributed by atoms with Crippen molar-refractivity contribution in [2.45, 2.75) is 38.4 Å². The van der Waals surface area contributed by atoms with Gasteiger partial charge in [0, 0.05) is 13.0 Å². The summed E-state index contributed by atoms with van der Waals surface area (Å²) < 4.78 is 10.7. The second kappa shape index (κ2) is 5.19. The van der Waals surface area contributed by atoms with Gasteiger partial charge in [0.1, 0.15) is 0 Å². The second-order valence-electron chi connectivity index (χ2n) is 3.36. The minimum absolute atomic E-state index is 0.0165. The molecule has 0 aliphatic carbocycles. The van der Waals surface area contributed by atoms with Crippen molar-refractivity contribution in [3.05, 3.63) is 0 Å². The molecule has 4 nitrogen and oxygen atoms in total. The van der Waals surface area contributed by atoms with Gasteiger partial charge in [-0.25, -0.2) is 0 Å². The van der Waals surface area contributed by atoms with Crippen molar-refractivity contribution in [2.24, 2.45) is 0 Å². The molecular weight excluding hydrogens is 172 g/mol. The van der Waals surface area contributed by atoms with E-state index in [0.29, 0.717) is 13.0 Å². The number of rotatable bonds is 5. The Kier molecular flexibility index (Phi) is 4.18. The van der Waals surface area contributed by atoms with E-state index in [0.717, 1.165) is 13.0 Å². The van der Waals surface area contributed by atoms with Gasteiger partial charge in [-0.15, -0.1) is 0 Å². The van der Waals surface area contributed by atoms with Crippen LogP contribution in [0.2, 0.25) is 0 Å². The molecule has 0 bridgehead atoms. The molecule has 0 aromatic carbocycles. The Balaban J connectivity index is 2.09. The van der Waals surface area contributed by atoms with Gasteiger partial charge in [0.15, 0.2) is 0 Å². The number of hydrogen-bond acceptors (Lipinski definition) is 3. The van der Waals surface area contributed by atoms with Crippen LogP contribution in [0.25, 0.3) is 0 Å². The Morgan fingerprint density at radius 2 is 2.54 bits per heavy atom. The fourth-order valence-corrected chi connectivity index (χ4v) is 1.34. The van der Waals surface area contributed by atoms with Crippen LogP contribution in [0.1, 0.15) is 26.2 Å². The molecule has 0 amide bonds. The Hall–Kier alpha value is -0.610. The molecule has 2 unspecified atom stereocenters. The molecule has 1 aliphatic rings. The summed E-state index contributed by atoms with van der Waals surface area (Å²) in [7, 11) is 0. The van der Waals surface area contributed by atoms with Gasteiger partial charge < -0.3 is 14.6 Å². The molecule has 76 valence electrons. The number of ether oxygens (including phenoxy) is 2. The van der Waals surface area contributed by atoms with Crippen LogP contribution in [0.15, 0.2) is 0 Å². The molecular formula is C9H16O4. The fourth-order valence-electron chi connectivity index (χ4n) is 1.34. The summed E-state index contributed by atoms with van der Waals surface area (Å²) in [5.74, 6) is -0.766. The van der Waals surface area contributed by atoms with Gasteiger partial charge in [-0.3, -0.25) is 4.79 Å². The summed E-state index contributed by atoms with van der Waals surface area (Å²) in [6, 6.07) is 0. The summed E-state index contributed by atoms with van der Waals surface area (Å²) in [4.78, 5) is 10.3. The SMILES string of the molecule is CC(CCC(=O)O)OC1CCOC1. The Bertz CT molecular complexity index is 163. The van der Waals surface area contributed by atoms with Crippen molar-refractivity contribution < 1.29 is 19.4 Å². The molecule has 2 atom stereocenters. The monoisotopic (exact) mass is 188 g/mol. The average Bonchev–Trinajstić information content (AvgIpc) is 2.53. The van der Waals surface area contributed by atoms with E-state index >= 15 is 0 Å². The van der Waals surface area contributed by atoms with Crippen LogP contribution in [-0.4, -0.2) is 36.5 Å². The maximum Gasteiger partial charge on any atom is 0.303 e. The lowest BCUT2D eigenvalue weighted by atomic mass is 10.2. The topological polar surface area (TPSA) is 55.8 Å². The largest absolute Gasteiger partial charge is 0.481 e. The molecule has 0 saturated carbocycles. The number of carbonyl (C=O) groups is 1. The van der Waals surface area contributed by atoms with Crippen molar-refractivity contribution in [3.8, 4) is 0 Å². The van der Waals surface area contributed by atoms with E-state index in [1.54, 1.807) is 0 Å². The van der Waals surface area contributed by atoms with Crippen molar-refractivity contribution >= 4 is 5.97 Å². The van der Waals surface area contributed by atoms with Crippen LogP contribution in [0, 0.1) is 0 Å². The molecule has 1 aliphatic heterocycles. The first-order valence-corrected chi connectivity index (χ1v) is 4.63. The van der Waals surface area contributed by atoms with Gasteiger partial charge in [-0.2, -0.15) is 0 Å². The first kappa shape index (κ1) is 10.5. The summed E-state index contributed by atoms with van der Waals surface area (Å²) in [6.07, 6.45) is 1.87. The van der Waals surface area contributed by atoms with Crippen LogP contribution >= 0.6 is 0 Å². The number of hydrogen-bond donors (Lipinski definition) is 1. The Labute approximate surface area is 77.8 Å². The maximum atomic E-state index is 10.3. The van der Waals surface area contributed by atoms with E-state index < -0.39 is 5.97 Å². The summed E-state index contributed by atoms with van der Waals surface area (Å²) in [5, 5.41) is 8.44. The summed E-state index contributed by atoms with van der Waals surface area (Å²) in [5.41, 5.74) is 0. The highest BCUT2D eigenvalue weighted by atomic mass is 16.5. The van der Waals surface area contributed by atoms with Crippen molar-refractivity contribution in [1.82, 2.24) is 0 Å². The fraction of sp³-hybridized carbons (Fsp3) is 0.889. The highest BCUT2D eigenvalue weighted by Crippen LogP contribution is 2.13. The normalized spacial score (nSPS) is 24.5. The number of aliphatic carboxylic acids is 1. The highest BCUT2D eigenvalue weighted by molar-refractivity contribution is 5.66. The lowest BCUT2D eigenvalue weighted by Gasteiger charge is -2.16. The summed E-state index contributed by atoms with van der Waals surface area (Å²) in [6.45, 7) is 3.31. The van der Waals surface area contributed by atoms with Crippen LogP contribution in [0.5, 0.6) is 0 Å². The molecule has 1 heterocycles. The molecule has 0 aromatic heterocycles. The standard InChI is InChI=1S/C9H16O4/c1-7(2-3-9(10)11)13-8-4-5-12-6-8/h7-8H,2-6H2,1H3,(H,10,11). The summed E-state index contributed by atoms with van der Waals surface area (Å²) >= 11 is 0. The third-order valence-electron chi connectivity index (χ3n) is 2.08. The predicted molar refractivity (Wildman–Crippen MR) is 46.6 cm³/mol. The molecule has 1 fully saturated rings. The Morgan fingerprint density at radius 1 is 1.77 bits per heavy atom. The first-order valence-electron chi connectivity index (χ1n) is 4.63. The van der Waals surface area contributed by atoms with Gasteiger partial charge >= 0.3 is 5.97 Å². The lowest BCUT2D eigenvalue weighted by Crippen LogP contribution is -2.20. The van der Waals surface area contributed by atoms with Crippen molar-refractivity contribution in [2.75, 3.05) is 13.2 Å². The van der Waals surface area contributed by atoms with E-state index in [4.69, 9.17) is 14.6 Å². The molecule has 0 spiro atoms. The van der Waals surface area contributed by atoms with Crippen molar-refractivity contribution in [3.63, 3.8) is 0 Å². The molecule has 1 saturated heterocycles. The first-order chi connectivity index (χ1) is 6.18. The molecule has 0 aromatic rings. The average molecular weight is 188 g/mol. The molecule has 1 N–H and O–H groups in total. The van der Waals surface area contributed by atoms with Crippen LogP contribution in [0.3, 0.4) is 0 Å². The van der Waals surface area contributed by atoms with E-state index in [9.17, 15) is 4.79 Å². The van der Waals surface area contributed by atoms with Crippen molar-refractivity contribution in [1.29, 1.82) is 0 Å². The van der Waals surface area contributed by atoms with Gasteiger partial charge in [0.05, 0.1) is 18.8 Å². The lowest BCUT2D eigenvalue weighted by molar-refractivity contribution is -0.138. The van der Waals surface area contributed by atoms with E-state index in [2.05, 4.69) is 0 Å². The quantitative estimate of drug-likeness (QED) is 0.700. The van der Waals surface area contributed by atoms with Crippen LogP contribution < -0.4 is 0 Å². The molecule has 0 radical (unpaired) electrons. The highest BCUT2D eigenvalue weighted by Gasteiger charge is 2.18. The van der Waals surface area contributed by atoms with Gasteiger partial charge in [-0.1, -0.05) is 0 Å². The Morgan fingerprint density at radius 3 is 3.08 bits per heavy atom. The number of carboxylic acids is 1. The minimum atomic E-state index is -0.766. The van der Waals surface area contributed by atoms with E-state index in [1.807, 2.05) is 6.92 Å². The minimum Gasteiger partial charge on any atom is -0.481 e. The smallest absolute Gasteiger partial charge is 0.303 e. The zero-order valence-electron chi connectivity index (χ0n) is 7.86. The third-order valence-corrected chi connectivity index (χ3v) is 2.08. The van der Waals surface area contributed by atoms with Crippen LogP contribution in [-0.2, 0) is 14.3 Å².